The van der Waals surface area contributed by atoms with Crippen molar-refractivity contribution in [3.05, 3.63) is 59.2 Å². The molecule has 0 aliphatic carbocycles. The van der Waals surface area contributed by atoms with E-state index in [1.54, 1.807) is 34.9 Å². The van der Waals surface area contributed by atoms with E-state index in [0.29, 0.717) is 31.7 Å². The molecule has 0 bridgehead atoms. The second-order valence-corrected chi connectivity index (χ2v) is 9.75. The van der Waals surface area contributed by atoms with Gasteiger partial charge in [-0.15, -0.1) is 0 Å². The van der Waals surface area contributed by atoms with Crippen molar-refractivity contribution in [2.75, 3.05) is 23.7 Å². The Morgan fingerprint density at radius 3 is 2.64 bits per heavy atom. The number of thioether (sulfide) groups is 1. The maximum absolute atomic E-state index is 12.6. The van der Waals surface area contributed by atoms with Crippen molar-refractivity contribution in [3.8, 4) is 0 Å². The van der Waals surface area contributed by atoms with Gasteiger partial charge in [0.2, 0.25) is 15.9 Å². The van der Waals surface area contributed by atoms with Gasteiger partial charge in [0.1, 0.15) is 0 Å². The average Bonchev–Trinajstić information content (AvgIpc) is 3.12. The molecular weight excluding hydrogens is 392 g/mol. The lowest BCUT2D eigenvalue weighted by Crippen LogP contribution is -2.28. The second kappa shape index (κ2) is 9.11. The Morgan fingerprint density at radius 2 is 1.93 bits per heavy atom. The first-order valence-corrected chi connectivity index (χ1v) is 12.1. The number of carbonyl (C=O) groups is 1. The predicted octanol–water partition coefficient (Wildman–Crippen LogP) is 3.51. The normalized spacial score (nSPS) is 13.6. The number of anilines is 1. The molecule has 150 valence electrons. The predicted molar refractivity (Wildman–Crippen MR) is 115 cm³/mol. The SMILES string of the molecule is CCC(=O)N1CCc2cc(S(=O)(=O)NCCSCc3ccc(C)cc3)ccc21. The minimum atomic E-state index is -3.54. The summed E-state index contributed by atoms with van der Waals surface area (Å²) in [4.78, 5) is 14.0. The first kappa shape index (κ1) is 20.9. The van der Waals surface area contributed by atoms with E-state index in [9.17, 15) is 13.2 Å². The highest BCUT2D eigenvalue weighted by atomic mass is 32.2. The Kier molecular flexibility index (Phi) is 6.80. The standard InChI is InChI=1S/C21H26N2O3S2/c1-3-21(24)23-12-10-18-14-19(8-9-20(18)23)28(25,26)22-11-13-27-15-17-6-4-16(2)5-7-17/h4-9,14,22H,3,10-13,15H2,1-2H3. The number of hydrogen-bond acceptors (Lipinski definition) is 4. The summed E-state index contributed by atoms with van der Waals surface area (Å²) in [5.74, 6) is 1.64. The van der Waals surface area contributed by atoms with Crippen LogP contribution in [0.1, 0.15) is 30.0 Å². The van der Waals surface area contributed by atoms with Crippen molar-refractivity contribution < 1.29 is 13.2 Å². The van der Waals surface area contributed by atoms with E-state index in [4.69, 9.17) is 0 Å². The van der Waals surface area contributed by atoms with Crippen molar-refractivity contribution in [1.82, 2.24) is 4.72 Å². The highest BCUT2D eigenvalue weighted by molar-refractivity contribution is 7.98. The molecule has 28 heavy (non-hydrogen) atoms. The number of nitrogens with one attached hydrogen (secondary N) is 1. The maximum atomic E-state index is 12.6. The van der Waals surface area contributed by atoms with Gasteiger partial charge in [-0.2, -0.15) is 11.8 Å². The van der Waals surface area contributed by atoms with Crippen molar-refractivity contribution in [2.24, 2.45) is 0 Å². The molecule has 2 aromatic rings. The molecule has 5 nitrogen and oxygen atoms in total. The lowest BCUT2D eigenvalue weighted by Gasteiger charge is -2.16. The second-order valence-electron chi connectivity index (χ2n) is 6.88. The molecule has 0 spiro atoms. The monoisotopic (exact) mass is 418 g/mol. The van der Waals surface area contributed by atoms with Gasteiger partial charge in [0.25, 0.3) is 0 Å². The summed E-state index contributed by atoms with van der Waals surface area (Å²) in [5.41, 5.74) is 4.22. The summed E-state index contributed by atoms with van der Waals surface area (Å²) in [6.07, 6.45) is 1.14. The fourth-order valence-electron chi connectivity index (χ4n) is 3.20. The number of nitrogens with zero attached hydrogens (tertiary/aromatic N) is 1. The summed E-state index contributed by atoms with van der Waals surface area (Å²) in [6, 6.07) is 13.4. The average molecular weight is 419 g/mol. The Labute approximate surface area is 171 Å². The number of sulfonamides is 1. The van der Waals surface area contributed by atoms with Crippen LogP contribution < -0.4 is 9.62 Å². The first-order valence-electron chi connectivity index (χ1n) is 9.47. The Balaban J connectivity index is 1.53. The van der Waals surface area contributed by atoms with E-state index in [1.807, 2.05) is 6.92 Å². The number of aryl methyl sites for hydroxylation is 1. The Bertz CT molecular complexity index is 941. The zero-order valence-corrected chi connectivity index (χ0v) is 17.9. The summed E-state index contributed by atoms with van der Waals surface area (Å²) >= 11 is 1.70. The summed E-state index contributed by atoms with van der Waals surface area (Å²) < 4.78 is 27.8. The molecule has 1 heterocycles. The molecule has 3 rings (SSSR count). The van der Waals surface area contributed by atoms with Gasteiger partial charge in [-0.05, 0) is 42.7 Å². The van der Waals surface area contributed by atoms with Gasteiger partial charge in [0, 0.05) is 36.7 Å². The number of rotatable bonds is 8. The molecule has 0 saturated carbocycles. The topological polar surface area (TPSA) is 66.5 Å². The van der Waals surface area contributed by atoms with E-state index in [2.05, 4.69) is 35.9 Å². The number of hydrogen-bond donors (Lipinski definition) is 1. The van der Waals surface area contributed by atoms with Gasteiger partial charge in [-0.25, -0.2) is 13.1 Å². The third-order valence-corrected chi connectivity index (χ3v) is 7.28. The van der Waals surface area contributed by atoms with Crippen molar-refractivity contribution >= 4 is 33.4 Å². The van der Waals surface area contributed by atoms with Crippen LogP contribution in [0.5, 0.6) is 0 Å². The molecule has 1 aliphatic rings. The molecule has 0 aromatic heterocycles. The zero-order chi connectivity index (χ0) is 20.1. The molecule has 2 aromatic carbocycles. The lowest BCUT2D eigenvalue weighted by atomic mass is 10.2. The van der Waals surface area contributed by atoms with Crippen LogP contribution in [-0.4, -0.2) is 33.2 Å². The molecule has 7 heteroatoms. The molecule has 0 saturated heterocycles. The van der Waals surface area contributed by atoms with Crippen LogP contribution in [0.2, 0.25) is 0 Å². The van der Waals surface area contributed by atoms with Crippen LogP contribution in [0.4, 0.5) is 5.69 Å². The fraction of sp³-hybridized carbons (Fsp3) is 0.381. The Morgan fingerprint density at radius 1 is 1.18 bits per heavy atom. The first-order chi connectivity index (χ1) is 13.4. The molecule has 0 radical (unpaired) electrons. The van der Waals surface area contributed by atoms with Gasteiger partial charge >= 0.3 is 0 Å². The molecule has 0 fully saturated rings. The lowest BCUT2D eigenvalue weighted by molar-refractivity contribution is -0.118. The fourth-order valence-corrected chi connectivity index (χ4v) is 5.23. The summed E-state index contributed by atoms with van der Waals surface area (Å²) in [6.45, 7) is 4.90. The van der Waals surface area contributed by atoms with E-state index >= 15 is 0 Å². The largest absolute Gasteiger partial charge is 0.312 e. The van der Waals surface area contributed by atoms with E-state index < -0.39 is 10.0 Å². The van der Waals surface area contributed by atoms with E-state index in [1.165, 1.54) is 11.1 Å². The molecule has 1 amide bonds. The van der Waals surface area contributed by atoms with Crippen LogP contribution in [0.25, 0.3) is 0 Å². The summed E-state index contributed by atoms with van der Waals surface area (Å²) in [5, 5.41) is 0. The summed E-state index contributed by atoms with van der Waals surface area (Å²) in [7, 11) is -3.54. The minimum absolute atomic E-state index is 0.0677. The van der Waals surface area contributed by atoms with E-state index in [0.717, 1.165) is 17.0 Å². The molecule has 0 atom stereocenters. The van der Waals surface area contributed by atoms with Crippen LogP contribution in [-0.2, 0) is 27.0 Å². The number of carbonyl (C=O) groups excluding carboxylic acids is 1. The highest BCUT2D eigenvalue weighted by Crippen LogP contribution is 2.30. The van der Waals surface area contributed by atoms with Gasteiger partial charge in [-0.1, -0.05) is 36.8 Å². The maximum Gasteiger partial charge on any atom is 0.240 e. The highest BCUT2D eigenvalue weighted by Gasteiger charge is 2.25. The quantitative estimate of drug-likeness (QED) is 0.666. The van der Waals surface area contributed by atoms with Crippen LogP contribution in [0, 0.1) is 6.92 Å². The molecular formula is C21H26N2O3S2. The number of benzene rings is 2. The van der Waals surface area contributed by atoms with Gasteiger partial charge in [-0.3, -0.25) is 4.79 Å². The molecule has 1 aliphatic heterocycles. The van der Waals surface area contributed by atoms with Gasteiger partial charge in [0.15, 0.2) is 0 Å². The van der Waals surface area contributed by atoms with Crippen LogP contribution in [0.15, 0.2) is 47.4 Å². The van der Waals surface area contributed by atoms with Gasteiger partial charge in [0.05, 0.1) is 4.90 Å². The number of amides is 1. The zero-order valence-electron chi connectivity index (χ0n) is 16.3. The minimum Gasteiger partial charge on any atom is -0.312 e. The molecule has 0 unspecified atom stereocenters. The smallest absolute Gasteiger partial charge is 0.240 e. The molecule has 1 N–H and O–H groups in total. The van der Waals surface area contributed by atoms with Crippen molar-refractivity contribution in [1.29, 1.82) is 0 Å². The van der Waals surface area contributed by atoms with Crippen molar-refractivity contribution in [2.45, 2.75) is 37.3 Å². The third-order valence-electron chi connectivity index (χ3n) is 4.79. The van der Waals surface area contributed by atoms with E-state index in [-0.39, 0.29) is 10.8 Å². The Hall–Kier alpha value is -1.83. The number of fused-ring (bicyclic) bond motifs is 1. The van der Waals surface area contributed by atoms with Crippen LogP contribution in [0.3, 0.4) is 0 Å². The third kappa shape index (κ3) is 4.96. The van der Waals surface area contributed by atoms with Crippen LogP contribution >= 0.6 is 11.8 Å². The van der Waals surface area contributed by atoms with Gasteiger partial charge < -0.3 is 4.90 Å². The van der Waals surface area contributed by atoms with Crippen molar-refractivity contribution in [3.63, 3.8) is 0 Å².